The second-order valence-electron chi connectivity index (χ2n) is 5.11. The fraction of sp³-hybridized carbons (Fsp3) is 0.600. The molecule has 130 valence electrons. The number of nitrogens with zero attached hydrogens (tertiary/aromatic N) is 3. The van der Waals surface area contributed by atoms with E-state index in [1.165, 1.54) is 0 Å². The molecule has 1 amide bonds. The van der Waals surface area contributed by atoms with Gasteiger partial charge in [0.1, 0.15) is 5.76 Å². The molecule has 0 bridgehead atoms. The second kappa shape index (κ2) is 13.0. The van der Waals surface area contributed by atoms with Crippen molar-refractivity contribution in [2.45, 2.75) is 38.6 Å². The first-order chi connectivity index (χ1) is 10.2. The molecule has 1 fully saturated rings. The summed E-state index contributed by atoms with van der Waals surface area (Å²) in [5, 5.41) is 0. The molecule has 0 saturated carbocycles. The van der Waals surface area contributed by atoms with E-state index in [4.69, 9.17) is 4.74 Å². The molecule has 1 aliphatic carbocycles. The van der Waals surface area contributed by atoms with Crippen LogP contribution in [0.2, 0.25) is 0 Å². The van der Waals surface area contributed by atoms with Gasteiger partial charge in [0, 0.05) is 17.9 Å². The van der Waals surface area contributed by atoms with Crippen molar-refractivity contribution in [1.29, 1.82) is 0 Å². The Kier molecular flexibility index (Phi) is 14.0. The van der Waals surface area contributed by atoms with E-state index in [9.17, 15) is 10.3 Å². The van der Waals surface area contributed by atoms with Gasteiger partial charge < -0.3 is 40.0 Å². The van der Waals surface area contributed by atoms with E-state index in [0.717, 1.165) is 29.9 Å². The van der Waals surface area contributed by atoms with Crippen molar-refractivity contribution in [2.24, 2.45) is 0 Å². The normalized spacial score (nSPS) is 19.2. The number of halogens is 2. The van der Waals surface area contributed by atoms with Crippen LogP contribution in [0.25, 0.3) is 5.53 Å². The minimum Gasteiger partial charge on any atom is -1.00 e. The van der Waals surface area contributed by atoms with Crippen molar-refractivity contribution in [3.05, 3.63) is 28.3 Å². The molecule has 0 aromatic rings. The molecule has 9 heteroatoms. The number of thioether (sulfide) groups is 1. The maximum absolute atomic E-state index is 12.0. The molecule has 0 radical (unpaired) electrons. The molecule has 2 rings (SSSR count). The van der Waals surface area contributed by atoms with Gasteiger partial charge in [0.05, 0.1) is 13.2 Å². The average molecular weight is 444 g/mol. The topological polar surface area (TPSA) is 65.9 Å². The largest absolute Gasteiger partial charge is 2.00 e. The Hall–Kier alpha value is -0.317. The van der Waals surface area contributed by atoms with E-state index in [0.29, 0.717) is 24.4 Å². The summed E-state index contributed by atoms with van der Waals surface area (Å²) in [7, 11) is 1.61. The first-order valence-corrected chi connectivity index (χ1v) is 8.32. The van der Waals surface area contributed by atoms with Crippen molar-refractivity contribution < 1.29 is 58.6 Å². The van der Waals surface area contributed by atoms with Gasteiger partial charge in [0.2, 0.25) is 5.91 Å². The minimum absolute atomic E-state index is 0. The third kappa shape index (κ3) is 6.20. The van der Waals surface area contributed by atoms with Crippen molar-refractivity contribution in [3.8, 4) is 0 Å². The average Bonchev–Trinajstić information content (AvgIpc) is 2.93. The van der Waals surface area contributed by atoms with Gasteiger partial charge in [-0.3, -0.25) is 4.79 Å². The van der Waals surface area contributed by atoms with Crippen molar-refractivity contribution in [2.75, 3.05) is 19.4 Å². The molecule has 2 aliphatic rings. The molecule has 1 unspecified atom stereocenters. The Morgan fingerprint density at radius 1 is 1.46 bits per heavy atom. The first-order valence-electron chi connectivity index (χ1n) is 7.33. The molecule has 1 aliphatic heterocycles. The van der Waals surface area contributed by atoms with Crippen LogP contribution in [-0.4, -0.2) is 46.8 Å². The molecule has 24 heavy (non-hydrogen) atoms. The molecule has 1 heterocycles. The number of carbonyl (C=O) groups is 1. The molecule has 1 saturated heterocycles. The SMILES string of the molecule is CCCCSC1=CC(N2CCCC2=O)C(=[N+]=[N-])C=C1OC.[Cl-].[Cl-].[Zn+2]. The summed E-state index contributed by atoms with van der Waals surface area (Å²) in [5.41, 5.74) is 9.70. The zero-order valence-electron chi connectivity index (χ0n) is 14.0. The van der Waals surface area contributed by atoms with Crippen LogP contribution < -0.4 is 24.8 Å². The van der Waals surface area contributed by atoms with Crippen LogP contribution in [0.15, 0.2) is 22.8 Å². The third-order valence-corrected chi connectivity index (χ3v) is 4.81. The number of likely N-dealkylation sites (tertiary alicyclic amines) is 1. The van der Waals surface area contributed by atoms with Gasteiger partial charge in [0.15, 0.2) is 6.04 Å². The number of hydrogen-bond donors (Lipinski definition) is 0. The summed E-state index contributed by atoms with van der Waals surface area (Å²) in [6.45, 7) is 2.87. The van der Waals surface area contributed by atoms with E-state index in [1.54, 1.807) is 29.8 Å². The van der Waals surface area contributed by atoms with E-state index >= 15 is 0 Å². The summed E-state index contributed by atoms with van der Waals surface area (Å²) >= 11 is 1.72. The number of ether oxygens (including phenoxy) is 1. The summed E-state index contributed by atoms with van der Waals surface area (Å²) in [4.78, 5) is 18.1. The molecular weight excluding hydrogens is 423 g/mol. The monoisotopic (exact) mass is 441 g/mol. The molecule has 0 aromatic carbocycles. The predicted molar refractivity (Wildman–Crippen MR) is 83.9 cm³/mol. The van der Waals surface area contributed by atoms with E-state index in [2.05, 4.69) is 11.7 Å². The van der Waals surface area contributed by atoms with Gasteiger partial charge >= 0.3 is 25.2 Å². The van der Waals surface area contributed by atoms with E-state index in [1.807, 2.05) is 6.08 Å². The van der Waals surface area contributed by atoms with Gasteiger partial charge in [0.25, 0.3) is 0 Å². The van der Waals surface area contributed by atoms with Gasteiger partial charge in [-0.25, -0.2) is 0 Å². The van der Waals surface area contributed by atoms with Crippen LogP contribution in [0.3, 0.4) is 0 Å². The van der Waals surface area contributed by atoms with Crippen molar-refractivity contribution >= 4 is 23.4 Å². The summed E-state index contributed by atoms with van der Waals surface area (Å²) in [5.74, 6) is 1.83. The predicted octanol–water partition coefficient (Wildman–Crippen LogP) is -3.39. The van der Waals surface area contributed by atoms with Crippen LogP contribution in [0.5, 0.6) is 0 Å². The minimum atomic E-state index is -0.284. The van der Waals surface area contributed by atoms with Gasteiger partial charge in [-0.1, -0.05) is 13.3 Å². The fourth-order valence-corrected chi connectivity index (χ4v) is 3.67. The van der Waals surface area contributed by atoms with Gasteiger partial charge in [-0.05, 0) is 24.7 Å². The van der Waals surface area contributed by atoms with Crippen LogP contribution in [0, 0.1) is 0 Å². The Balaban J connectivity index is 0. The Bertz CT molecular complexity index is 537. The molecule has 0 aromatic heterocycles. The maximum Gasteiger partial charge on any atom is 2.00 e. The third-order valence-electron chi connectivity index (χ3n) is 3.67. The Labute approximate surface area is 172 Å². The summed E-state index contributed by atoms with van der Waals surface area (Å²) < 4.78 is 5.38. The van der Waals surface area contributed by atoms with E-state index in [-0.39, 0.29) is 56.2 Å². The van der Waals surface area contributed by atoms with E-state index < -0.39 is 0 Å². The standard InChI is InChI=1S/C15H21N3O2S.2ClH.Zn/c1-3-4-8-21-14-10-12(18-7-5-6-15(18)19)11(17-16)9-13(14)20-2;;;/h9-10,12H,3-8H2,1-2H3;2*1H;/q;;;+2/p-2. The smallest absolute Gasteiger partial charge is 1.00 e. The zero-order valence-corrected chi connectivity index (χ0v) is 19.3. The fourth-order valence-electron chi connectivity index (χ4n) is 2.51. The number of hydrogen-bond acceptors (Lipinski definition) is 3. The summed E-state index contributed by atoms with van der Waals surface area (Å²) in [6.07, 6.45) is 7.42. The molecule has 0 N–H and O–H groups in total. The Morgan fingerprint density at radius 2 is 2.17 bits per heavy atom. The molecular formula is C15H21Cl2N3O2SZn. The number of amides is 1. The van der Waals surface area contributed by atoms with Crippen LogP contribution in [-0.2, 0) is 29.0 Å². The molecule has 0 spiro atoms. The second-order valence-corrected chi connectivity index (χ2v) is 6.24. The number of rotatable bonds is 6. The zero-order chi connectivity index (χ0) is 15.2. The van der Waals surface area contributed by atoms with Crippen LogP contribution >= 0.6 is 11.8 Å². The molecule has 5 nitrogen and oxygen atoms in total. The van der Waals surface area contributed by atoms with Crippen LogP contribution in [0.4, 0.5) is 0 Å². The number of carbonyl (C=O) groups excluding carboxylic acids is 1. The molecule has 1 atom stereocenters. The Morgan fingerprint density at radius 3 is 2.67 bits per heavy atom. The van der Waals surface area contributed by atoms with Crippen molar-refractivity contribution in [3.63, 3.8) is 0 Å². The van der Waals surface area contributed by atoms with Gasteiger partial charge in [-0.15, -0.1) is 11.8 Å². The summed E-state index contributed by atoms with van der Waals surface area (Å²) in [6, 6.07) is -0.284. The quantitative estimate of drug-likeness (QED) is 0.186. The van der Waals surface area contributed by atoms with Gasteiger partial charge in [-0.2, -0.15) is 4.79 Å². The number of methoxy groups -OCH3 is 1. The first kappa shape index (κ1) is 25.9. The number of unbranched alkanes of at least 4 members (excludes halogenated alkanes) is 1. The van der Waals surface area contributed by atoms with Crippen molar-refractivity contribution in [1.82, 2.24) is 4.90 Å². The maximum atomic E-state index is 12.0. The van der Waals surface area contributed by atoms with Crippen LogP contribution in [0.1, 0.15) is 32.6 Å².